The average molecular weight is 253 g/mol. The van der Waals surface area contributed by atoms with E-state index >= 15 is 0 Å². The van der Waals surface area contributed by atoms with E-state index < -0.39 is 5.97 Å². The third-order valence-electron chi connectivity index (χ3n) is 2.77. The minimum Gasteiger partial charge on any atom is -0.478 e. The van der Waals surface area contributed by atoms with Crippen LogP contribution in [-0.2, 0) is 17.6 Å². The highest BCUT2D eigenvalue weighted by Crippen LogP contribution is 2.10. The summed E-state index contributed by atoms with van der Waals surface area (Å²) < 4.78 is 0. The van der Waals surface area contributed by atoms with Gasteiger partial charge in [0, 0.05) is 18.5 Å². The molecule has 2 rings (SSSR count). The van der Waals surface area contributed by atoms with Crippen LogP contribution in [0.3, 0.4) is 0 Å². The number of pyridine rings is 1. The van der Waals surface area contributed by atoms with E-state index in [1.54, 1.807) is 12.3 Å². The summed E-state index contributed by atoms with van der Waals surface area (Å²) in [6.45, 7) is 0. The van der Waals surface area contributed by atoms with E-state index in [-0.39, 0.29) is 0 Å². The molecule has 0 aliphatic rings. The maximum atomic E-state index is 10.4. The number of carboxylic acid groups (broad SMARTS) is 1. The Labute approximate surface area is 112 Å². The zero-order valence-corrected chi connectivity index (χ0v) is 10.5. The molecule has 1 N–H and O–H groups in total. The van der Waals surface area contributed by atoms with Crippen LogP contribution in [0.5, 0.6) is 0 Å². The molecule has 1 aromatic carbocycles. The van der Waals surface area contributed by atoms with Crippen molar-refractivity contribution in [3.8, 4) is 0 Å². The number of carbonyl (C=O) groups is 1. The highest BCUT2D eigenvalue weighted by atomic mass is 16.4. The van der Waals surface area contributed by atoms with E-state index in [0.717, 1.165) is 12.0 Å². The lowest BCUT2D eigenvalue weighted by Crippen LogP contribution is -1.90. The molecule has 0 amide bonds. The Hall–Kier alpha value is -2.42. The predicted octanol–water partition coefficient (Wildman–Crippen LogP) is 2.86. The highest BCUT2D eigenvalue weighted by Gasteiger charge is 1.97. The van der Waals surface area contributed by atoms with Crippen molar-refractivity contribution in [1.29, 1.82) is 0 Å². The van der Waals surface area contributed by atoms with Gasteiger partial charge in [-0.15, -0.1) is 0 Å². The molecule has 3 nitrogen and oxygen atoms in total. The molecule has 0 atom stereocenters. The van der Waals surface area contributed by atoms with Crippen molar-refractivity contribution < 1.29 is 9.90 Å². The molecule has 0 bridgehead atoms. The molecule has 2 aromatic rings. The largest absolute Gasteiger partial charge is 0.478 e. The van der Waals surface area contributed by atoms with Gasteiger partial charge in [-0.2, -0.15) is 0 Å². The Morgan fingerprint density at radius 3 is 2.47 bits per heavy atom. The Bertz CT molecular complexity index is 559. The molecule has 0 aliphatic carbocycles. The quantitative estimate of drug-likeness (QED) is 0.833. The molecule has 0 saturated heterocycles. The lowest BCUT2D eigenvalue weighted by molar-refractivity contribution is -0.131. The third kappa shape index (κ3) is 4.39. The summed E-state index contributed by atoms with van der Waals surface area (Å²) in [4.78, 5) is 14.4. The van der Waals surface area contributed by atoms with Crippen LogP contribution < -0.4 is 0 Å². The van der Waals surface area contributed by atoms with Crippen LogP contribution in [0.15, 0.2) is 60.9 Å². The number of benzene rings is 1. The van der Waals surface area contributed by atoms with Gasteiger partial charge < -0.3 is 5.11 Å². The van der Waals surface area contributed by atoms with Crippen molar-refractivity contribution >= 4 is 5.97 Å². The van der Waals surface area contributed by atoms with Crippen LogP contribution in [-0.4, -0.2) is 16.1 Å². The van der Waals surface area contributed by atoms with Gasteiger partial charge in [0.25, 0.3) is 0 Å². The van der Waals surface area contributed by atoms with Crippen LogP contribution in [0.1, 0.15) is 16.7 Å². The molecule has 0 saturated carbocycles. The van der Waals surface area contributed by atoms with Gasteiger partial charge in [-0.3, -0.25) is 4.98 Å². The SMILES string of the molecule is O=C(O)/C=C/Cc1ccc(Cc2cccnc2)cc1. The number of aliphatic carboxylic acids is 1. The van der Waals surface area contributed by atoms with E-state index in [4.69, 9.17) is 5.11 Å². The first-order valence-electron chi connectivity index (χ1n) is 6.10. The summed E-state index contributed by atoms with van der Waals surface area (Å²) in [5.41, 5.74) is 3.51. The van der Waals surface area contributed by atoms with Crippen molar-refractivity contribution in [1.82, 2.24) is 4.98 Å². The van der Waals surface area contributed by atoms with Gasteiger partial charge in [-0.25, -0.2) is 4.79 Å². The van der Waals surface area contributed by atoms with Gasteiger partial charge >= 0.3 is 5.97 Å². The van der Waals surface area contributed by atoms with Crippen LogP contribution in [0.25, 0.3) is 0 Å². The van der Waals surface area contributed by atoms with Crippen molar-refractivity contribution in [2.75, 3.05) is 0 Å². The number of aromatic nitrogens is 1. The van der Waals surface area contributed by atoms with E-state index in [2.05, 4.69) is 23.2 Å². The predicted molar refractivity (Wildman–Crippen MR) is 74.0 cm³/mol. The van der Waals surface area contributed by atoms with Crippen LogP contribution in [0.4, 0.5) is 0 Å². The van der Waals surface area contributed by atoms with E-state index in [1.165, 1.54) is 17.2 Å². The van der Waals surface area contributed by atoms with Crippen LogP contribution in [0, 0.1) is 0 Å². The average Bonchev–Trinajstić information content (AvgIpc) is 2.42. The number of nitrogens with zero attached hydrogens (tertiary/aromatic N) is 1. The summed E-state index contributed by atoms with van der Waals surface area (Å²) in [5.74, 6) is -0.909. The second-order valence-electron chi connectivity index (χ2n) is 4.30. The minimum absolute atomic E-state index is 0.638. The smallest absolute Gasteiger partial charge is 0.327 e. The van der Waals surface area contributed by atoms with Gasteiger partial charge in [0.2, 0.25) is 0 Å². The number of allylic oxidation sites excluding steroid dienone is 1. The summed E-state index contributed by atoms with van der Waals surface area (Å²) in [7, 11) is 0. The van der Waals surface area contributed by atoms with Gasteiger partial charge in [0.1, 0.15) is 0 Å². The molecule has 0 fully saturated rings. The van der Waals surface area contributed by atoms with Gasteiger partial charge in [0.15, 0.2) is 0 Å². The zero-order valence-electron chi connectivity index (χ0n) is 10.5. The lowest BCUT2D eigenvalue weighted by atomic mass is 10.0. The molecule has 0 aliphatic heterocycles. The van der Waals surface area contributed by atoms with Gasteiger partial charge in [0.05, 0.1) is 0 Å². The molecule has 3 heteroatoms. The number of hydrogen-bond acceptors (Lipinski definition) is 2. The van der Waals surface area contributed by atoms with Crippen molar-refractivity contribution in [3.63, 3.8) is 0 Å². The molecule has 0 unspecified atom stereocenters. The standard InChI is InChI=1S/C16H15NO2/c18-16(19)5-1-3-13-6-8-14(9-7-13)11-15-4-2-10-17-12-15/h1-2,4-10,12H,3,11H2,(H,18,19)/b5-1+. The van der Waals surface area contributed by atoms with Crippen molar-refractivity contribution in [3.05, 3.63) is 77.6 Å². The van der Waals surface area contributed by atoms with Gasteiger partial charge in [-0.1, -0.05) is 36.4 Å². The molecule has 1 heterocycles. The zero-order chi connectivity index (χ0) is 13.5. The molecule has 1 aromatic heterocycles. The van der Waals surface area contributed by atoms with Crippen molar-refractivity contribution in [2.45, 2.75) is 12.8 Å². The van der Waals surface area contributed by atoms with Crippen molar-refractivity contribution in [2.24, 2.45) is 0 Å². The summed E-state index contributed by atoms with van der Waals surface area (Å²) >= 11 is 0. The highest BCUT2D eigenvalue weighted by molar-refractivity contribution is 5.79. The Kier molecular flexibility index (Phi) is 4.45. The summed E-state index contributed by atoms with van der Waals surface area (Å²) in [6, 6.07) is 12.2. The Balaban J connectivity index is 1.97. The van der Waals surface area contributed by atoms with E-state index in [9.17, 15) is 4.79 Å². The number of rotatable bonds is 5. The van der Waals surface area contributed by atoms with E-state index in [0.29, 0.717) is 6.42 Å². The fourth-order valence-corrected chi connectivity index (χ4v) is 1.83. The lowest BCUT2D eigenvalue weighted by Gasteiger charge is -2.02. The molecular weight excluding hydrogens is 238 g/mol. The number of hydrogen-bond donors (Lipinski definition) is 1. The maximum absolute atomic E-state index is 10.4. The Morgan fingerprint density at radius 2 is 1.84 bits per heavy atom. The molecule has 96 valence electrons. The summed E-state index contributed by atoms with van der Waals surface area (Å²) in [6.07, 6.45) is 7.95. The fraction of sp³-hybridized carbons (Fsp3) is 0.125. The molecule has 0 radical (unpaired) electrons. The Morgan fingerprint density at radius 1 is 1.11 bits per heavy atom. The first-order chi connectivity index (χ1) is 9.24. The third-order valence-corrected chi connectivity index (χ3v) is 2.77. The molecule has 0 spiro atoms. The van der Waals surface area contributed by atoms with Crippen LogP contribution >= 0.6 is 0 Å². The van der Waals surface area contributed by atoms with Gasteiger partial charge in [-0.05, 0) is 35.6 Å². The second kappa shape index (κ2) is 6.50. The first kappa shape index (κ1) is 13.0. The second-order valence-corrected chi connectivity index (χ2v) is 4.30. The maximum Gasteiger partial charge on any atom is 0.327 e. The summed E-state index contributed by atoms with van der Waals surface area (Å²) in [5, 5.41) is 8.51. The normalized spacial score (nSPS) is 10.7. The first-order valence-corrected chi connectivity index (χ1v) is 6.10. The van der Waals surface area contributed by atoms with Crippen LogP contribution in [0.2, 0.25) is 0 Å². The minimum atomic E-state index is -0.909. The van der Waals surface area contributed by atoms with E-state index in [1.807, 2.05) is 24.4 Å². The topological polar surface area (TPSA) is 50.2 Å². The fourth-order valence-electron chi connectivity index (χ4n) is 1.83. The molecule has 19 heavy (non-hydrogen) atoms. The monoisotopic (exact) mass is 253 g/mol. The number of carboxylic acids is 1. The molecular formula is C16H15NO2.